The van der Waals surface area contributed by atoms with Gasteiger partial charge in [-0.25, -0.2) is 4.98 Å². The molecule has 2 aromatic rings. The Hall–Kier alpha value is -2.32. The summed E-state index contributed by atoms with van der Waals surface area (Å²) >= 11 is 0. The van der Waals surface area contributed by atoms with Crippen LogP contribution < -0.4 is 10.9 Å². The molecule has 0 aromatic carbocycles. The molecule has 3 heterocycles. The maximum absolute atomic E-state index is 12.6. The number of rotatable bonds is 13. The predicted molar refractivity (Wildman–Crippen MR) is 134 cm³/mol. The first-order valence-electron chi connectivity index (χ1n) is 11.4. The van der Waals surface area contributed by atoms with Gasteiger partial charge in [-0.05, 0) is 0 Å². The van der Waals surface area contributed by atoms with Gasteiger partial charge in [0.1, 0.15) is 18.3 Å². The van der Waals surface area contributed by atoms with Crippen molar-refractivity contribution < 1.29 is 56.6 Å². The molecular formula is C18H27N6O13P3. The van der Waals surface area contributed by atoms with Crippen LogP contribution in [0.25, 0.3) is 11.2 Å². The summed E-state index contributed by atoms with van der Waals surface area (Å²) in [7, 11) is -13.1. The highest BCUT2D eigenvalue weighted by Gasteiger charge is 2.48. The molecule has 6 unspecified atom stereocenters. The third-order valence-electron chi connectivity index (χ3n) is 5.25. The second kappa shape index (κ2) is 13.1. The molecule has 1 saturated heterocycles. The van der Waals surface area contributed by atoms with Crippen molar-refractivity contribution in [3.63, 3.8) is 0 Å². The number of nitriles is 1. The minimum absolute atomic E-state index is 0.113. The van der Waals surface area contributed by atoms with E-state index < -0.39 is 77.9 Å². The summed E-state index contributed by atoms with van der Waals surface area (Å²) in [6.45, 7) is 2.10. The third kappa shape index (κ3) is 8.35. The molecule has 6 N–H and O–H groups in total. The van der Waals surface area contributed by atoms with Gasteiger partial charge in [0.05, 0.1) is 32.0 Å². The number of carbonyl (C=O) groups excluding carboxylic acids is 1. The fourth-order valence-electron chi connectivity index (χ4n) is 3.43. The van der Waals surface area contributed by atoms with Crippen molar-refractivity contribution in [1.82, 2.24) is 19.5 Å². The van der Waals surface area contributed by atoms with E-state index >= 15 is 0 Å². The van der Waals surface area contributed by atoms with Crippen LogP contribution >= 0.6 is 23.4 Å². The van der Waals surface area contributed by atoms with Crippen molar-refractivity contribution in [1.29, 1.82) is 5.26 Å². The smallest absolute Gasteiger partial charge is 0.340 e. The number of imidazole rings is 1. The highest BCUT2D eigenvalue weighted by molar-refractivity contribution is 7.70. The van der Waals surface area contributed by atoms with Gasteiger partial charge in [-0.2, -0.15) is 10.2 Å². The number of nitrogens with one attached hydrogen (secondary N) is 2. The summed E-state index contributed by atoms with van der Waals surface area (Å²) in [6.07, 6.45) is -5.25. The number of ether oxygens (including phenoxy) is 1. The van der Waals surface area contributed by atoms with Crippen LogP contribution in [0.2, 0.25) is 0 Å². The predicted octanol–water partition coefficient (Wildman–Crippen LogP) is 0.0148. The zero-order valence-electron chi connectivity index (χ0n) is 20.9. The summed E-state index contributed by atoms with van der Waals surface area (Å²) in [6, 6.07) is 1.78. The molecule has 1 aliphatic rings. The average Bonchev–Trinajstić information content (AvgIpc) is 3.38. The highest BCUT2D eigenvalue weighted by Crippen LogP contribution is 2.55. The molecule has 1 fully saturated rings. The molecule has 1 amide bonds. The lowest BCUT2D eigenvalue weighted by molar-refractivity contribution is -0.118. The van der Waals surface area contributed by atoms with Crippen LogP contribution in [0.1, 0.15) is 26.5 Å². The summed E-state index contributed by atoms with van der Waals surface area (Å²) in [5.41, 5.74) is -1.11. The van der Waals surface area contributed by atoms with E-state index in [0.29, 0.717) is 0 Å². The Morgan fingerprint density at radius 2 is 2.08 bits per heavy atom. The van der Waals surface area contributed by atoms with Gasteiger partial charge in [0.2, 0.25) is 11.9 Å². The Balaban J connectivity index is 1.94. The first kappa shape index (κ1) is 32.2. The van der Waals surface area contributed by atoms with E-state index in [1.54, 1.807) is 19.9 Å². The first-order valence-corrected chi connectivity index (χ1v) is 16.2. The van der Waals surface area contributed by atoms with Crippen molar-refractivity contribution in [3.05, 3.63) is 16.7 Å². The van der Waals surface area contributed by atoms with E-state index in [0.717, 1.165) is 10.9 Å². The molecule has 222 valence electrons. The average molecular weight is 628 g/mol. The number of carbonyl (C=O) groups is 1. The van der Waals surface area contributed by atoms with Gasteiger partial charge in [0, 0.05) is 5.92 Å². The van der Waals surface area contributed by atoms with Gasteiger partial charge in [0.15, 0.2) is 23.3 Å². The molecule has 6 atom stereocenters. The zero-order valence-corrected chi connectivity index (χ0v) is 23.7. The van der Waals surface area contributed by atoms with E-state index in [1.807, 2.05) is 0 Å². The van der Waals surface area contributed by atoms with Crippen LogP contribution in [0, 0.1) is 17.2 Å². The van der Waals surface area contributed by atoms with Crippen molar-refractivity contribution >= 4 is 46.5 Å². The van der Waals surface area contributed by atoms with Gasteiger partial charge >= 0.3 is 23.4 Å². The van der Waals surface area contributed by atoms with Crippen LogP contribution in [-0.2, 0) is 36.8 Å². The molecule has 40 heavy (non-hydrogen) atoms. The molecular weight excluding hydrogens is 601 g/mol. The number of hydrogen-bond acceptors (Lipinski definition) is 13. The van der Waals surface area contributed by atoms with Gasteiger partial charge < -0.3 is 33.6 Å². The summed E-state index contributed by atoms with van der Waals surface area (Å²) in [5, 5.41) is 21.9. The van der Waals surface area contributed by atoms with Crippen LogP contribution in [0.5, 0.6) is 0 Å². The largest absolute Gasteiger partial charge is 0.387 e. The Morgan fingerprint density at radius 1 is 1.38 bits per heavy atom. The van der Waals surface area contributed by atoms with Crippen LogP contribution in [0.4, 0.5) is 5.95 Å². The topological polar surface area (TPSA) is 286 Å². The van der Waals surface area contributed by atoms with Crippen molar-refractivity contribution in [2.75, 3.05) is 24.4 Å². The number of aliphatic hydroxyl groups excluding tert-OH is 1. The summed E-state index contributed by atoms with van der Waals surface area (Å²) < 4.78 is 57.5. The maximum Gasteiger partial charge on any atom is 0.340 e. The molecule has 0 spiro atoms. The monoisotopic (exact) mass is 628 g/mol. The van der Waals surface area contributed by atoms with Crippen LogP contribution in [0.3, 0.4) is 0 Å². The quantitative estimate of drug-likeness (QED) is 0.126. The Morgan fingerprint density at radius 3 is 2.70 bits per heavy atom. The molecule has 0 aliphatic carbocycles. The maximum atomic E-state index is 12.6. The van der Waals surface area contributed by atoms with Gasteiger partial charge in [-0.15, -0.1) is 0 Å². The molecule has 19 nitrogen and oxygen atoms in total. The standard InChI is InChI=1S/C18H27N6O13P3/c1-9(2)15(26)22-18-21-14-11(16(27)23-18)20-7-24(14)17-13(37-38(28)34-5-3-4-19)12(25)10(36-17)6-35-40(32,33)8-39(29,30)31/h7,9-10,12-13,17,25,38H,3,5-6,8H2,1-2H3,(H,32,33)(H2,29,30,31)(H2,21,22,23,26,27). The van der Waals surface area contributed by atoms with Crippen molar-refractivity contribution in [3.8, 4) is 6.07 Å². The Labute approximate surface area is 226 Å². The molecule has 0 saturated carbocycles. The minimum Gasteiger partial charge on any atom is -0.387 e. The van der Waals surface area contributed by atoms with Gasteiger partial charge in [0.25, 0.3) is 5.56 Å². The van der Waals surface area contributed by atoms with Crippen LogP contribution in [0.15, 0.2) is 11.1 Å². The van der Waals surface area contributed by atoms with E-state index in [-0.39, 0.29) is 30.1 Å². The second-order valence-electron chi connectivity index (χ2n) is 8.77. The molecule has 0 radical (unpaired) electrons. The fourth-order valence-corrected chi connectivity index (χ4v) is 6.81. The fraction of sp³-hybridized carbons (Fsp3) is 0.611. The number of nitrogens with zero attached hydrogens (tertiary/aromatic N) is 4. The van der Waals surface area contributed by atoms with E-state index in [2.05, 4.69) is 20.3 Å². The number of H-pyrrole nitrogens is 1. The number of aromatic amines is 1. The number of aliphatic hydroxyl groups is 1. The van der Waals surface area contributed by atoms with Crippen molar-refractivity contribution in [2.24, 2.45) is 5.92 Å². The normalized spacial score (nSPS) is 23.6. The Kier molecular flexibility index (Phi) is 10.6. The first-order chi connectivity index (χ1) is 18.6. The molecule has 1 aliphatic heterocycles. The molecule has 22 heteroatoms. The van der Waals surface area contributed by atoms with Gasteiger partial charge in [-0.3, -0.25) is 42.7 Å². The second-order valence-corrected chi connectivity index (χ2v) is 13.8. The number of hydrogen-bond donors (Lipinski definition) is 6. The zero-order chi connectivity index (χ0) is 29.8. The van der Waals surface area contributed by atoms with E-state index in [9.17, 15) is 33.3 Å². The lowest BCUT2D eigenvalue weighted by Gasteiger charge is -2.21. The Bertz CT molecular complexity index is 1450. The number of amides is 1. The lowest BCUT2D eigenvalue weighted by atomic mass is 10.1. The SMILES string of the molecule is CC(C)C(=O)Nc1nc2c(ncn2C2OC(COP(=O)(O)CP(=O)(O)O)C(O)C2O[PH](=O)OCCC#N)c(=O)[nH]1. The lowest BCUT2D eigenvalue weighted by Crippen LogP contribution is -2.34. The summed E-state index contributed by atoms with van der Waals surface area (Å²) in [5.74, 6) is -2.64. The molecule has 3 rings (SSSR count). The van der Waals surface area contributed by atoms with Crippen LogP contribution in [-0.4, -0.2) is 82.6 Å². The van der Waals surface area contributed by atoms with E-state index in [4.69, 9.17) is 33.4 Å². The molecule has 0 bridgehead atoms. The molecule has 2 aromatic heterocycles. The number of anilines is 1. The number of aromatic nitrogens is 4. The van der Waals surface area contributed by atoms with E-state index in [1.165, 1.54) is 0 Å². The summed E-state index contributed by atoms with van der Waals surface area (Å²) in [4.78, 5) is 62.9. The number of fused-ring (bicyclic) bond motifs is 1. The van der Waals surface area contributed by atoms with Crippen molar-refractivity contribution in [2.45, 2.75) is 44.8 Å². The third-order valence-corrected chi connectivity index (χ3v) is 9.62. The van der Waals surface area contributed by atoms with Gasteiger partial charge in [-0.1, -0.05) is 13.8 Å². The minimum atomic E-state index is -4.94. The highest BCUT2D eigenvalue weighted by atomic mass is 31.2.